The minimum Gasteiger partial charge on any atom is -0.496 e. The molecule has 0 aliphatic carbocycles. The van der Waals surface area contributed by atoms with E-state index in [4.69, 9.17) is 16.3 Å². The minimum absolute atomic E-state index is 0.0847. The fraction of sp³-hybridized carbons (Fsp3) is 0.235. The second-order valence-corrected chi connectivity index (χ2v) is 5.39. The fourth-order valence-corrected chi connectivity index (χ4v) is 2.23. The molecule has 1 amide bonds. The van der Waals surface area contributed by atoms with Crippen molar-refractivity contribution in [3.63, 3.8) is 0 Å². The molecule has 1 unspecified atom stereocenters. The van der Waals surface area contributed by atoms with E-state index in [2.05, 4.69) is 5.32 Å². The molecule has 0 bridgehead atoms. The summed E-state index contributed by atoms with van der Waals surface area (Å²) in [5, 5.41) is 3.50. The molecule has 0 aliphatic rings. The molecule has 2 aromatic carbocycles. The van der Waals surface area contributed by atoms with Crippen molar-refractivity contribution in [1.82, 2.24) is 5.32 Å². The average molecular weight is 304 g/mol. The highest BCUT2D eigenvalue weighted by molar-refractivity contribution is 6.30. The van der Waals surface area contributed by atoms with Crippen molar-refractivity contribution < 1.29 is 9.53 Å². The third-order valence-corrected chi connectivity index (χ3v) is 3.57. The Morgan fingerprint density at radius 3 is 2.48 bits per heavy atom. The highest BCUT2D eigenvalue weighted by Crippen LogP contribution is 2.24. The lowest BCUT2D eigenvalue weighted by atomic mass is 10.1. The first kappa shape index (κ1) is 15.4. The molecule has 0 spiro atoms. The Kier molecular flexibility index (Phi) is 4.86. The third kappa shape index (κ3) is 3.76. The number of rotatable bonds is 4. The summed E-state index contributed by atoms with van der Waals surface area (Å²) in [5.74, 6) is 0.285. The molecule has 0 aliphatic heterocycles. The number of carbonyl (C=O) groups is 1. The maximum atomic E-state index is 12.4. The quantitative estimate of drug-likeness (QED) is 0.921. The number of benzene rings is 2. The monoisotopic (exact) mass is 303 g/mol. The Balaban J connectivity index is 2.16. The third-order valence-electron chi connectivity index (χ3n) is 3.33. The van der Waals surface area contributed by atoms with E-state index in [-0.39, 0.29) is 11.9 Å². The van der Waals surface area contributed by atoms with Crippen LogP contribution in [0.15, 0.2) is 42.5 Å². The Hall–Kier alpha value is -2.00. The van der Waals surface area contributed by atoms with Gasteiger partial charge in [-0.05, 0) is 37.6 Å². The van der Waals surface area contributed by atoms with Crippen molar-refractivity contribution in [3.05, 3.63) is 64.2 Å². The summed E-state index contributed by atoms with van der Waals surface area (Å²) in [6.45, 7) is 3.98. The van der Waals surface area contributed by atoms with E-state index in [0.717, 1.165) is 5.56 Å². The summed E-state index contributed by atoms with van der Waals surface area (Å²) >= 11 is 5.90. The Bertz CT molecular complexity index is 638. The molecule has 1 atom stereocenters. The number of hydrogen-bond donors (Lipinski definition) is 1. The molecule has 110 valence electrons. The largest absolute Gasteiger partial charge is 0.496 e. The van der Waals surface area contributed by atoms with Gasteiger partial charge >= 0.3 is 0 Å². The molecule has 0 heterocycles. The van der Waals surface area contributed by atoms with Crippen molar-refractivity contribution in [1.29, 1.82) is 0 Å². The van der Waals surface area contributed by atoms with Crippen LogP contribution in [0.4, 0.5) is 0 Å². The van der Waals surface area contributed by atoms with Crippen LogP contribution in [0.5, 0.6) is 5.75 Å². The molecule has 0 radical (unpaired) electrons. The van der Waals surface area contributed by atoms with Gasteiger partial charge in [0.2, 0.25) is 0 Å². The van der Waals surface area contributed by atoms with Crippen LogP contribution in [0.25, 0.3) is 0 Å². The van der Waals surface area contributed by atoms with Crippen LogP contribution >= 0.6 is 11.6 Å². The fourth-order valence-electron chi connectivity index (χ4n) is 2.07. The average Bonchev–Trinajstić information content (AvgIpc) is 2.47. The lowest BCUT2D eigenvalue weighted by Crippen LogP contribution is -2.27. The SMILES string of the molecule is COc1cc(Cl)ccc1C(=O)NC(C)c1ccc(C)cc1. The van der Waals surface area contributed by atoms with Crippen molar-refractivity contribution in [2.75, 3.05) is 7.11 Å². The van der Waals surface area contributed by atoms with Crippen LogP contribution in [0.3, 0.4) is 0 Å². The predicted octanol–water partition coefficient (Wildman–Crippen LogP) is 4.15. The second kappa shape index (κ2) is 6.64. The minimum atomic E-state index is -0.184. The number of hydrogen-bond acceptors (Lipinski definition) is 2. The van der Waals surface area contributed by atoms with Gasteiger partial charge in [0.05, 0.1) is 18.7 Å². The van der Waals surface area contributed by atoms with Gasteiger partial charge in [-0.2, -0.15) is 0 Å². The molecule has 0 saturated carbocycles. The van der Waals surface area contributed by atoms with E-state index in [0.29, 0.717) is 16.3 Å². The van der Waals surface area contributed by atoms with E-state index >= 15 is 0 Å². The molecule has 2 aromatic rings. The van der Waals surface area contributed by atoms with Gasteiger partial charge in [0.1, 0.15) is 5.75 Å². The second-order valence-electron chi connectivity index (χ2n) is 4.95. The molecule has 1 N–H and O–H groups in total. The van der Waals surface area contributed by atoms with Crippen LogP contribution < -0.4 is 10.1 Å². The van der Waals surface area contributed by atoms with Crippen molar-refractivity contribution in [2.45, 2.75) is 19.9 Å². The predicted molar refractivity (Wildman–Crippen MR) is 85.1 cm³/mol. The maximum absolute atomic E-state index is 12.4. The number of ether oxygens (including phenoxy) is 1. The van der Waals surface area contributed by atoms with E-state index in [1.165, 1.54) is 12.7 Å². The van der Waals surface area contributed by atoms with Crippen LogP contribution in [0, 0.1) is 6.92 Å². The molecule has 21 heavy (non-hydrogen) atoms. The van der Waals surface area contributed by atoms with Crippen LogP contribution in [-0.2, 0) is 0 Å². The summed E-state index contributed by atoms with van der Waals surface area (Å²) in [4.78, 5) is 12.4. The van der Waals surface area contributed by atoms with E-state index < -0.39 is 0 Å². The number of methoxy groups -OCH3 is 1. The Labute approximate surface area is 129 Å². The Morgan fingerprint density at radius 2 is 1.86 bits per heavy atom. The molecule has 2 rings (SSSR count). The lowest BCUT2D eigenvalue weighted by molar-refractivity contribution is 0.0937. The van der Waals surface area contributed by atoms with Crippen LogP contribution in [0.1, 0.15) is 34.5 Å². The number of carbonyl (C=O) groups excluding carboxylic acids is 1. The summed E-state index contributed by atoms with van der Waals surface area (Å²) in [6.07, 6.45) is 0. The number of amides is 1. The first-order valence-corrected chi connectivity index (χ1v) is 7.10. The molecule has 3 nitrogen and oxygen atoms in total. The lowest BCUT2D eigenvalue weighted by Gasteiger charge is -2.16. The topological polar surface area (TPSA) is 38.3 Å². The van der Waals surface area contributed by atoms with Gasteiger partial charge in [-0.25, -0.2) is 0 Å². The summed E-state index contributed by atoms with van der Waals surface area (Å²) in [5.41, 5.74) is 2.72. The first-order chi connectivity index (χ1) is 10.0. The van der Waals surface area contributed by atoms with Crippen LogP contribution in [0.2, 0.25) is 5.02 Å². The zero-order chi connectivity index (χ0) is 15.4. The Morgan fingerprint density at radius 1 is 1.19 bits per heavy atom. The zero-order valence-corrected chi connectivity index (χ0v) is 13.1. The molecular formula is C17H18ClNO2. The highest BCUT2D eigenvalue weighted by atomic mass is 35.5. The van der Waals surface area contributed by atoms with Crippen molar-refractivity contribution >= 4 is 17.5 Å². The molecule has 0 aromatic heterocycles. The standard InChI is InChI=1S/C17H18ClNO2/c1-11-4-6-13(7-5-11)12(2)19-17(20)15-9-8-14(18)10-16(15)21-3/h4-10,12H,1-3H3,(H,19,20). The van der Waals surface area contributed by atoms with Gasteiger partial charge < -0.3 is 10.1 Å². The summed E-state index contributed by atoms with van der Waals surface area (Å²) in [6, 6.07) is 13.0. The van der Waals surface area contributed by atoms with E-state index in [1.807, 2.05) is 38.1 Å². The summed E-state index contributed by atoms with van der Waals surface area (Å²) in [7, 11) is 1.52. The van der Waals surface area contributed by atoms with Crippen LogP contribution in [-0.4, -0.2) is 13.0 Å². The van der Waals surface area contributed by atoms with E-state index in [9.17, 15) is 4.79 Å². The van der Waals surface area contributed by atoms with E-state index in [1.54, 1.807) is 18.2 Å². The number of aryl methyl sites for hydroxylation is 1. The zero-order valence-electron chi connectivity index (χ0n) is 12.3. The van der Waals surface area contributed by atoms with Gasteiger partial charge in [-0.3, -0.25) is 4.79 Å². The molecule has 0 saturated heterocycles. The molecular weight excluding hydrogens is 286 g/mol. The number of halogens is 1. The van der Waals surface area contributed by atoms with Gasteiger partial charge in [0.25, 0.3) is 5.91 Å². The smallest absolute Gasteiger partial charge is 0.255 e. The number of nitrogens with one attached hydrogen (secondary N) is 1. The van der Waals surface area contributed by atoms with Gasteiger partial charge in [0, 0.05) is 5.02 Å². The summed E-state index contributed by atoms with van der Waals surface area (Å²) < 4.78 is 5.21. The van der Waals surface area contributed by atoms with Crippen molar-refractivity contribution in [3.8, 4) is 5.75 Å². The maximum Gasteiger partial charge on any atom is 0.255 e. The highest BCUT2D eigenvalue weighted by Gasteiger charge is 2.15. The van der Waals surface area contributed by atoms with Gasteiger partial charge in [0.15, 0.2) is 0 Å². The van der Waals surface area contributed by atoms with Gasteiger partial charge in [-0.15, -0.1) is 0 Å². The normalized spacial score (nSPS) is 11.8. The van der Waals surface area contributed by atoms with Gasteiger partial charge in [-0.1, -0.05) is 41.4 Å². The molecule has 0 fully saturated rings. The first-order valence-electron chi connectivity index (χ1n) is 6.72. The van der Waals surface area contributed by atoms with Crippen molar-refractivity contribution in [2.24, 2.45) is 0 Å². The molecule has 4 heteroatoms.